The van der Waals surface area contributed by atoms with Gasteiger partial charge in [-0.25, -0.2) is 0 Å². The summed E-state index contributed by atoms with van der Waals surface area (Å²) in [6.07, 6.45) is 0. The fraction of sp³-hybridized carbons (Fsp3) is 0.333. The van der Waals surface area contributed by atoms with Crippen molar-refractivity contribution >= 4 is 18.3 Å². The minimum Gasteiger partial charge on any atom is -0.353 e. The molecule has 0 fully saturated rings. The van der Waals surface area contributed by atoms with Crippen LogP contribution in [0.3, 0.4) is 0 Å². The molecule has 1 N–H and O–H groups in total. The van der Waals surface area contributed by atoms with E-state index in [2.05, 4.69) is 24.9 Å². The summed E-state index contributed by atoms with van der Waals surface area (Å²) in [7, 11) is 1.61. The van der Waals surface area contributed by atoms with Gasteiger partial charge in [0, 0.05) is 12.8 Å². The van der Waals surface area contributed by atoms with Crippen LogP contribution in [0.25, 0.3) is 0 Å². The van der Waals surface area contributed by atoms with E-state index in [0.717, 1.165) is 5.69 Å². The van der Waals surface area contributed by atoms with Crippen LogP contribution >= 0.6 is 12.6 Å². The lowest BCUT2D eigenvalue weighted by Crippen LogP contribution is -2.13. The van der Waals surface area contributed by atoms with Crippen molar-refractivity contribution in [2.45, 2.75) is 12.5 Å². The van der Waals surface area contributed by atoms with Crippen molar-refractivity contribution < 1.29 is 4.74 Å². The van der Waals surface area contributed by atoms with Crippen LogP contribution in [0.1, 0.15) is 5.56 Å². The van der Waals surface area contributed by atoms with Crippen molar-refractivity contribution in [2.75, 3.05) is 12.4 Å². The Hall–Kier alpha value is -0.670. The number of nitrogens with one attached hydrogen (secondary N) is 1. The lowest BCUT2D eigenvalue weighted by molar-refractivity contribution is 0.195. The van der Waals surface area contributed by atoms with Crippen molar-refractivity contribution in [3.05, 3.63) is 29.8 Å². The number of hydrogen-bond acceptors (Lipinski definition) is 3. The van der Waals surface area contributed by atoms with Crippen molar-refractivity contribution in [3.63, 3.8) is 0 Å². The molecule has 1 rings (SSSR count). The number of benzene rings is 1. The van der Waals surface area contributed by atoms with Crippen molar-refractivity contribution in [1.29, 1.82) is 0 Å². The second kappa shape index (κ2) is 4.38. The maximum absolute atomic E-state index is 4.94. The number of hydrogen-bond donors (Lipinski definition) is 2. The smallest absolute Gasteiger partial charge is 0.173 e. The Morgan fingerprint density at radius 3 is 2.42 bits per heavy atom. The number of aryl methyl sites for hydroxylation is 1. The molecule has 0 amide bonds. The van der Waals surface area contributed by atoms with Crippen LogP contribution in [-0.4, -0.2) is 12.7 Å². The zero-order chi connectivity index (χ0) is 8.97. The normalized spacial score (nSPS) is 12.6. The molecule has 2 nitrogen and oxygen atoms in total. The van der Waals surface area contributed by atoms with Crippen LogP contribution in [0, 0.1) is 6.92 Å². The lowest BCUT2D eigenvalue weighted by Gasteiger charge is -2.11. The maximum atomic E-state index is 4.94. The first-order valence-electron chi connectivity index (χ1n) is 3.76. The highest BCUT2D eigenvalue weighted by Crippen LogP contribution is 2.11. The average molecular weight is 183 g/mol. The molecule has 0 aromatic heterocycles. The molecule has 0 bridgehead atoms. The van der Waals surface area contributed by atoms with Gasteiger partial charge in [0.2, 0.25) is 0 Å². The Labute approximate surface area is 78.3 Å². The largest absolute Gasteiger partial charge is 0.353 e. The monoisotopic (exact) mass is 183 g/mol. The zero-order valence-electron chi connectivity index (χ0n) is 7.24. The number of rotatable bonds is 3. The van der Waals surface area contributed by atoms with E-state index in [1.807, 2.05) is 24.3 Å². The van der Waals surface area contributed by atoms with E-state index < -0.39 is 0 Å². The van der Waals surface area contributed by atoms with E-state index in [1.165, 1.54) is 5.56 Å². The van der Waals surface area contributed by atoms with E-state index in [-0.39, 0.29) is 5.56 Å². The van der Waals surface area contributed by atoms with E-state index in [4.69, 9.17) is 4.74 Å². The Balaban J connectivity index is 2.58. The van der Waals surface area contributed by atoms with Gasteiger partial charge in [0.1, 0.15) is 0 Å². The molecule has 66 valence electrons. The summed E-state index contributed by atoms with van der Waals surface area (Å²) >= 11 is 4.13. The summed E-state index contributed by atoms with van der Waals surface area (Å²) in [5.74, 6) is 0. The van der Waals surface area contributed by atoms with Gasteiger partial charge in [-0.3, -0.25) is 0 Å². The van der Waals surface area contributed by atoms with E-state index in [0.29, 0.717) is 0 Å². The first-order valence-corrected chi connectivity index (χ1v) is 4.28. The van der Waals surface area contributed by atoms with E-state index >= 15 is 0 Å². The molecule has 0 saturated heterocycles. The molecular formula is C9H13NOS. The molecule has 0 saturated carbocycles. The fourth-order valence-corrected chi connectivity index (χ4v) is 1.00. The molecule has 0 spiro atoms. The fourth-order valence-electron chi connectivity index (χ4n) is 0.851. The molecule has 0 aliphatic rings. The SMILES string of the molecule is COC(S)Nc1ccc(C)cc1. The maximum Gasteiger partial charge on any atom is 0.173 e. The lowest BCUT2D eigenvalue weighted by atomic mass is 10.2. The van der Waals surface area contributed by atoms with Gasteiger partial charge in [0.25, 0.3) is 0 Å². The summed E-state index contributed by atoms with van der Waals surface area (Å²) in [6.45, 7) is 2.05. The summed E-state index contributed by atoms with van der Waals surface area (Å²) in [6, 6.07) is 8.08. The molecule has 0 aliphatic carbocycles. The van der Waals surface area contributed by atoms with E-state index in [9.17, 15) is 0 Å². The third kappa shape index (κ3) is 2.75. The molecule has 12 heavy (non-hydrogen) atoms. The first kappa shape index (κ1) is 9.42. The van der Waals surface area contributed by atoms with E-state index in [1.54, 1.807) is 7.11 Å². The third-order valence-corrected chi connectivity index (χ3v) is 1.90. The number of anilines is 1. The number of ether oxygens (including phenoxy) is 1. The quantitative estimate of drug-likeness (QED) is 0.554. The second-order valence-electron chi connectivity index (χ2n) is 2.60. The molecule has 0 aliphatic heterocycles. The standard InChI is InChI=1S/C9H13NOS/c1-7-3-5-8(6-4-7)10-9(12)11-2/h3-6,9-10,12H,1-2H3. The predicted molar refractivity (Wildman–Crippen MR) is 54.6 cm³/mol. The van der Waals surface area contributed by atoms with Gasteiger partial charge < -0.3 is 10.1 Å². The Morgan fingerprint density at radius 2 is 1.92 bits per heavy atom. The highest BCUT2D eigenvalue weighted by atomic mass is 32.1. The van der Waals surface area contributed by atoms with Gasteiger partial charge in [-0.15, -0.1) is 12.6 Å². The Kier molecular flexibility index (Phi) is 3.44. The van der Waals surface area contributed by atoms with Crippen LogP contribution in [0.4, 0.5) is 5.69 Å². The summed E-state index contributed by atoms with van der Waals surface area (Å²) in [5.41, 5.74) is 2.02. The van der Waals surface area contributed by atoms with Crippen molar-refractivity contribution in [2.24, 2.45) is 0 Å². The van der Waals surface area contributed by atoms with Crippen LogP contribution in [0.5, 0.6) is 0 Å². The molecule has 0 heterocycles. The molecule has 0 radical (unpaired) electrons. The topological polar surface area (TPSA) is 21.3 Å². The number of methoxy groups -OCH3 is 1. The highest BCUT2D eigenvalue weighted by Gasteiger charge is 1.97. The summed E-state index contributed by atoms with van der Waals surface area (Å²) < 4.78 is 4.94. The molecule has 1 aromatic rings. The second-order valence-corrected chi connectivity index (χ2v) is 3.07. The Morgan fingerprint density at radius 1 is 1.33 bits per heavy atom. The first-order chi connectivity index (χ1) is 5.72. The zero-order valence-corrected chi connectivity index (χ0v) is 8.14. The molecule has 1 atom stereocenters. The van der Waals surface area contributed by atoms with Gasteiger partial charge in [-0.2, -0.15) is 0 Å². The highest BCUT2D eigenvalue weighted by molar-refractivity contribution is 7.80. The van der Waals surface area contributed by atoms with Crippen LogP contribution in [0.2, 0.25) is 0 Å². The summed E-state index contributed by atoms with van der Waals surface area (Å²) in [4.78, 5) is 0. The average Bonchev–Trinajstić information content (AvgIpc) is 2.09. The van der Waals surface area contributed by atoms with Crippen molar-refractivity contribution in [3.8, 4) is 0 Å². The van der Waals surface area contributed by atoms with Gasteiger partial charge in [-0.05, 0) is 19.1 Å². The van der Waals surface area contributed by atoms with Gasteiger partial charge in [-0.1, -0.05) is 17.7 Å². The Bertz CT molecular complexity index is 235. The molecule has 1 unspecified atom stereocenters. The van der Waals surface area contributed by atoms with Crippen LogP contribution in [-0.2, 0) is 4.74 Å². The van der Waals surface area contributed by atoms with Gasteiger partial charge in [0.05, 0.1) is 0 Å². The van der Waals surface area contributed by atoms with Gasteiger partial charge in [0.15, 0.2) is 5.56 Å². The minimum absolute atomic E-state index is 0.243. The molecule has 3 heteroatoms. The molecular weight excluding hydrogens is 170 g/mol. The number of thiol groups is 1. The van der Waals surface area contributed by atoms with Crippen molar-refractivity contribution in [1.82, 2.24) is 0 Å². The van der Waals surface area contributed by atoms with Gasteiger partial charge >= 0.3 is 0 Å². The van der Waals surface area contributed by atoms with Crippen LogP contribution in [0.15, 0.2) is 24.3 Å². The van der Waals surface area contributed by atoms with Crippen LogP contribution < -0.4 is 5.32 Å². The molecule has 1 aromatic carbocycles. The minimum atomic E-state index is -0.243. The summed E-state index contributed by atoms with van der Waals surface area (Å²) in [5, 5.41) is 3.06. The predicted octanol–water partition coefficient (Wildman–Crippen LogP) is 2.27. The third-order valence-electron chi connectivity index (χ3n) is 1.56.